The average Bonchev–Trinajstić information content (AvgIpc) is 3.04. The Bertz CT molecular complexity index is 1100. The molecule has 0 amide bonds. The summed E-state index contributed by atoms with van der Waals surface area (Å²) in [4.78, 5) is 16.7. The average molecular weight is 339 g/mol. The van der Waals surface area contributed by atoms with E-state index in [0.717, 1.165) is 5.56 Å². The van der Waals surface area contributed by atoms with Crippen LogP contribution in [0.4, 0.5) is 4.39 Å². The molecule has 0 aliphatic rings. The molecular formula is C18H10FNO3S. The number of phenols is 1. The van der Waals surface area contributed by atoms with Gasteiger partial charge in [-0.05, 0) is 42.5 Å². The Hall–Kier alpha value is -2.99. The van der Waals surface area contributed by atoms with Gasteiger partial charge in [0.25, 0.3) is 0 Å². The molecule has 0 aliphatic carbocycles. The molecule has 2 heterocycles. The highest BCUT2D eigenvalue weighted by Gasteiger charge is 2.13. The van der Waals surface area contributed by atoms with Crippen LogP contribution in [0.1, 0.15) is 0 Å². The minimum atomic E-state index is -0.524. The third-order valence-corrected chi connectivity index (χ3v) is 4.48. The number of halogens is 1. The third kappa shape index (κ3) is 2.57. The van der Waals surface area contributed by atoms with Crippen molar-refractivity contribution in [2.75, 3.05) is 0 Å². The number of thiazole rings is 1. The number of hydrogen-bond acceptors (Lipinski definition) is 5. The molecule has 24 heavy (non-hydrogen) atoms. The molecule has 4 aromatic rings. The van der Waals surface area contributed by atoms with Gasteiger partial charge in [0.15, 0.2) is 0 Å². The van der Waals surface area contributed by atoms with E-state index in [9.17, 15) is 14.3 Å². The fourth-order valence-corrected chi connectivity index (χ4v) is 3.23. The van der Waals surface area contributed by atoms with Crippen LogP contribution in [0.25, 0.3) is 32.8 Å². The zero-order valence-electron chi connectivity index (χ0n) is 12.2. The second-order valence-electron chi connectivity index (χ2n) is 5.21. The molecule has 2 aromatic heterocycles. The highest BCUT2D eigenvalue weighted by molar-refractivity contribution is 7.13. The zero-order chi connectivity index (χ0) is 16.7. The van der Waals surface area contributed by atoms with Crippen LogP contribution in [-0.4, -0.2) is 10.1 Å². The van der Waals surface area contributed by atoms with Crippen LogP contribution in [0.3, 0.4) is 0 Å². The second-order valence-corrected chi connectivity index (χ2v) is 6.07. The highest BCUT2D eigenvalue weighted by Crippen LogP contribution is 2.29. The van der Waals surface area contributed by atoms with Gasteiger partial charge < -0.3 is 9.52 Å². The van der Waals surface area contributed by atoms with E-state index in [4.69, 9.17) is 4.42 Å². The largest absolute Gasteiger partial charge is 0.508 e. The van der Waals surface area contributed by atoms with Crippen LogP contribution in [0, 0.1) is 5.82 Å². The Balaban J connectivity index is 1.80. The molecule has 2 aromatic carbocycles. The van der Waals surface area contributed by atoms with Crippen molar-refractivity contribution >= 4 is 22.3 Å². The molecular weight excluding hydrogens is 329 g/mol. The molecule has 4 nitrogen and oxygen atoms in total. The number of fused-ring (bicyclic) bond motifs is 1. The van der Waals surface area contributed by atoms with Gasteiger partial charge >= 0.3 is 5.63 Å². The Morgan fingerprint density at radius 1 is 1.08 bits per heavy atom. The highest BCUT2D eigenvalue weighted by atomic mass is 32.1. The summed E-state index contributed by atoms with van der Waals surface area (Å²) < 4.78 is 18.3. The lowest BCUT2D eigenvalue weighted by Gasteiger charge is -2.00. The van der Waals surface area contributed by atoms with Crippen LogP contribution in [0.2, 0.25) is 0 Å². The predicted molar refractivity (Wildman–Crippen MR) is 90.7 cm³/mol. The van der Waals surface area contributed by atoms with Gasteiger partial charge in [-0.1, -0.05) is 0 Å². The van der Waals surface area contributed by atoms with Crippen molar-refractivity contribution in [3.05, 3.63) is 70.1 Å². The molecule has 6 heteroatoms. The van der Waals surface area contributed by atoms with Crippen molar-refractivity contribution in [1.82, 2.24) is 4.98 Å². The van der Waals surface area contributed by atoms with Crippen LogP contribution < -0.4 is 5.63 Å². The van der Waals surface area contributed by atoms with Crippen LogP contribution in [0.5, 0.6) is 5.75 Å². The molecule has 4 rings (SSSR count). The lowest BCUT2D eigenvalue weighted by Crippen LogP contribution is -2.02. The van der Waals surface area contributed by atoms with Gasteiger partial charge in [0.2, 0.25) is 0 Å². The molecule has 0 atom stereocenters. The lowest BCUT2D eigenvalue weighted by atomic mass is 10.1. The van der Waals surface area contributed by atoms with E-state index >= 15 is 0 Å². The van der Waals surface area contributed by atoms with E-state index in [1.807, 2.05) is 0 Å². The van der Waals surface area contributed by atoms with Gasteiger partial charge in [0, 0.05) is 22.4 Å². The Kier molecular flexibility index (Phi) is 3.39. The standard InChI is InChI=1S/C18H10FNO3S/c19-12-4-1-10(2-5-12)17-20-15(9-24-17)14-7-11-3-6-13(21)8-16(11)23-18(14)22/h1-9,21H. The number of phenolic OH excluding ortho intramolecular Hbond substituents is 1. The molecule has 0 spiro atoms. The fourth-order valence-electron chi connectivity index (χ4n) is 2.40. The van der Waals surface area contributed by atoms with Crippen molar-refractivity contribution < 1.29 is 13.9 Å². The van der Waals surface area contributed by atoms with Crippen molar-refractivity contribution in [2.24, 2.45) is 0 Å². The van der Waals surface area contributed by atoms with Crippen molar-refractivity contribution in [1.29, 1.82) is 0 Å². The first-order valence-corrected chi connectivity index (χ1v) is 7.97. The number of rotatable bonds is 2. The molecule has 0 unspecified atom stereocenters. The molecule has 1 N–H and O–H groups in total. The van der Waals surface area contributed by atoms with E-state index in [1.54, 1.807) is 29.6 Å². The van der Waals surface area contributed by atoms with E-state index in [2.05, 4.69) is 4.98 Å². The van der Waals surface area contributed by atoms with E-state index in [0.29, 0.717) is 27.2 Å². The maximum atomic E-state index is 13.0. The topological polar surface area (TPSA) is 63.3 Å². The maximum absolute atomic E-state index is 13.0. The molecule has 0 radical (unpaired) electrons. The Morgan fingerprint density at radius 2 is 1.88 bits per heavy atom. The number of hydrogen-bond donors (Lipinski definition) is 1. The summed E-state index contributed by atoms with van der Waals surface area (Å²) in [5.41, 5.74) is 1.42. The van der Waals surface area contributed by atoms with Crippen LogP contribution in [0.15, 0.2) is 63.1 Å². The van der Waals surface area contributed by atoms with Crippen LogP contribution >= 0.6 is 11.3 Å². The van der Waals surface area contributed by atoms with Gasteiger partial charge in [0.05, 0.1) is 11.3 Å². The fraction of sp³-hybridized carbons (Fsp3) is 0. The Labute approximate surface area is 139 Å². The maximum Gasteiger partial charge on any atom is 0.345 e. The number of benzene rings is 2. The first kappa shape index (κ1) is 14.6. The van der Waals surface area contributed by atoms with Gasteiger partial charge in [-0.15, -0.1) is 11.3 Å². The molecule has 0 saturated carbocycles. The van der Waals surface area contributed by atoms with Gasteiger partial charge in [-0.2, -0.15) is 0 Å². The SMILES string of the molecule is O=c1oc2cc(O)ccc2cc1-c1csc(-c2ccc(F)cc2)n1. The number of aromatic hydroxyl groups is 1. The van der Waals surface area contributed by atoms with Gasteiger partial charge in [-0.25, -0.2) is 14.2 Å². The monoisotopic (exact) mass is 339 g/mol. The van der Waals surface area contributed by atoms with Crippen LogP contribution in [-0.2, 0) is 0 Å². The summed E-state index contributed by atoms with van der Waals surface area (Å²) in [5.74, 6) is -0.278. The first-order chi connectivity index (χ1) is 11.6. The molecule has 0 fully saturated rings. The second kappa shape index (κ2) is 5.58. The summed E-state index contributed by atoms with van der Waals surface area (Å²) in [7, 11) is 0. The smallest absolute Gasteiger partial charge is 0.345 e. The van der Waals surface area contributed by atoms with E-state index in [-0.39, 0.29) is 11.6 Å². The number of aromatic nitrogens is 1. The molecule has 0 bridgehead atoms. The summed E-state index contributed by atoms with van der Waals surface area (Å²) in [6.45, 7) is 0. The number of nitrogens with zero attached hydrogens (tertiary/aromatic N) is 1. The molecule has 118 valence electrons. The summed E-state index contributed by atoms with van der Waals surface area (Å²) in [5, 5.41) is 12.6. The minimum Gasteiger partial charge on any atom is -0.508 e. The van der Waals surface area contributed by atoms with Crippen molar-refractivity contribution in [2.45, 2.75) is 0 Å². The predicted octanol–water partition coefficient (Wildman–Crippen LogP) is 4.43. The molecule has 0 saturated heterocycles. The quantitative estimate of drug-likeness (QED) is 0.549. The summed E-state index contributed by atoms with van der Waals surface area (Å²) in [6.07, 6.45) is 0. The Morgan fingerprint density at radius 3 is 2.67 bits per heavy atom. The van der Waals surface area contributed by atoms with Gasteiger partial charge in [0.1, 0.15) is 22.2 Å². The lowest BCUT2D eigenvalue weighted by molar-refractivity contribution is 0.473. The third-order valence-electron chi connectivity index (χ3n) is 3.59. The summed E-state index contributed by atoms with van der Waals surface area (Å²) in [6, 6.07) is 12.3. The summed E-state index contributed by atoms with van der Waals surface area (Å²) >= 11 is 1.37. The van der Waals surface area contributed by atoms with E-state index < -0.39 is 5.63 Å². The zero-order valence-corrected chi connectivity index (χ0v) is 13.0. The van der Waals surface area contributed by atoms with Crippen molar-refractivity contribution in [3.63, 3.8) is 0 Å². The van der Waals surface area contributed by atoms with Crippen molar-refractivity contribution in [3.8, 4) is 27.6 Å². The minimum absolute atomic E-state index is 0.0330. The molecule has 0 aliphatic heterocycles. The van der Waals surface area contributed by atoms with E-state index in [1.165, 1.54) is 35.6 Å². The normalized spacial score (nSPS) is 11.0. The first-order valence-electron chi connectivity index (χ1n) is 7.09. The van der Waals surface area contributed by atoms with Gasteiger partial charge in [-0.3, -0.25) is 0 Å².